The first-order chi connectivity index (χ1) is 17.5. The molecule has 2 aliphatic rings. The topological polar surface area (TPSA) is 85.5 Å². The Balaban J connectivity index is 1.18. The number of halogens is 2. The van der Waals surface area contributed by atoms with Crippen molar-refractivity contribution in [2.75, 3.05) is 0 Å². The lowest BCUT2D eigenvalue weighted by Gasteiger charge is -2.36. The molecule has 0 spiro atoms. The Labute approximate surface area is 222 Å². The minimum Gasteiger partial charge on any atom is -0.385 e. The van der Waals surface area contributed by atoms with Crippen molar-refractivity contribution >= 4 is 51.1 Å². The molecule has 2 aromatic carbocycles. The Bertz CT molecular complexity index is 1420. The molecule has 0 bridgehead atoms. The van der Waals surface area contributed by atoms with Gasteiger partial charge >= 0.3 is 0 Å². The summed E-state index contributed by atoms with van der Waals surface area (Å²) in [4.78, 5) is 11.3. The van der Waals surface area contributed by atoms with E-state index in [0.717, 1.165) is 46.1 Å². The maximum atomic E-state index is 11.4. The van der Waals surface area contributed by atoms with Crippen molar-refractivity contribution in [3.05, 3.63) is 69.0 Å². The summed E-state index contributed by atoms with van der Waals surface area (Å²) >= 11 is 14.2. The van der Waals surface area contributed by atoms with Gasteiger partial charge < -0.3 is 14.4 Å². The molecule has 186 valence electrons. The number of fused-ring (bicyclic) bond motifs is 1. The highest BCUT2D eigenvalue weighted by Gasteiger charge is 2.37. The van der Waals surface area contributed by atoms with Gasteiger partial charge in [-0.05, 0) is 79.9 Å². The number of ether oxygens (including phenoxy) is 1. The first kappa shape index (κ1) is 24.1. The number of hydrogen-bond acceptors (Lipinski definition) is 7. The van der Waals surface area contributed by atoms with Crippen molar-refractivity contribution in [3.63, 3.8) is 0 Å². The number of rotatable bonds is 7. The monoisotopic (exact) mass is 542 g/mol. The molecule has 0 unspecified atom stereocenters. The number of carbonyl (C=O) groups is 1. The Morgan fingerprint density at radius 2 is 1.89 bits per heavy atom. The van der Waals surface area contributed by atoms with Gasteiger partial charge in [0.15, 0.2) is 6.29 Å². The summed E-state index contributed by atoms with van der Waals surface area (Å²) in [7, 11) is 0. The lowest BCUT2D eigenvalue weighted by atomic mass is 9.78. The predicted octanol–water partition coefficient (Wildman–Crippen LogP) is 7.30. The fourth-order valence-corrected chi connectivity index (χ4v) is 6.41. The van der Waals surface area contributed by atoms with Crippen LogP contribution in [0.5, 0.6) is 0 Å². The smallest absolute Gasteiger partial charge is 0.170 e. The predicted molar refractivity (Wildman–Crippen MR) is 140 cm³/mol. The van der Waals surface area contributed by atoms with Crippen molar-refractivity contribution in [1.29, 1.82) is 0 Å². The van der Waals surface area contributed by atoms with E-state index in [1.807, 2.05) is 24.3 Å². The molecular formula is C27H24Cl2N2O4S. The van der Waals surface area contributed by atoms with E-state index in [2.05, 4.69) is 9.53 Å². The van der Waals surface area contributed by atoms with Crippen LogP contribution in [0.4, 0.5) is 0 Å². The fourth-order valence-electron chi connectivity index (χ4n) is 5.11. The summed E-state index contributed by atoms with van der Waals surface area (Å²) in [5, 5.41) is 17.6. The van der Waals surface area contributed by atoms with Crippen LogP contribution in [0.25, 0.3) is 21.3 Å². The SMILES string of the molecule is O=Cc1nsc2ccc(C3(O)CCC(OCc4c(-c5c(Cl)cccc5Cl)noc4C4CC4)CC3)cc12. The van der Waals surface area contributed by atoms with Crippen LogP contribution in [0.2, 0.25) is 10.0 Å². The maximum Gasteiger partial charge on any atom is 0.170 e. The molecule has 4 aromatic rings. The summed E-state index contributed by atoms with van der Waals surface area (Å²) in [6.07, 6.45) is 5.47. The lowest BCUT2D eigenvalue weighted by molar-refractivity contribution is -0.0640. The average molecular weight is 543 g/mol. The quantitative estimate of drug-likeness (QED) is 0.246. The third kappa shape index (κ3) is 4.37. The van der Waals surface area contributed by atoms with Gasteiger partial charge in [-0.1, -0.05) is 40.5 Å². The van der Waals surface area contributed by atoms with Crippen LogP contribution >= 0.6 is 34.7 Å². The second-order valence-electron chi connectivity index (χ2n) is 9.68. The summed E-state index contributed by atoms with van der Waals surface area (Å²) in [6, 6.07) is 11.2. The number of carbonyl (C=O) groups excluding carboxylic acids is 1. The Hall–Kier alpha value is -2.29. The summed E-state index contributed by atoms with van der Waals surface area (Å²) in [6.45, 7) is 0.352. The van der Waals surface area contributed by atoms with E-state index in [0.29, 0.717) is 65.2 Å². The highest BCUT2D eigenvalue weighted by atomic mass is 35.5. The average Bonchev–Trinajstić information content (AvgIpc) is 3.51. The molecule has 2 saturated carbocycles. The van der Waals surface area contributed by atoms with Crippen molar-refractivity contribution in [1.82, 2.24) is 9.53 Å². The molecule has 0 radical (unpaired) electrons. The molecule has 36 heavy (non-hydrogen) atoms. The van der Waals surface area contributed by atoms with Crippen LogP contribution < -0.4 is 0 Å². The number of aromatic nitrogens is 2. The van der Waals surface area contributed by atoms with E-state index >= 15 is 0 Å². The molecule has 6 rings (SSSR count). The molecule has 2 heterocycles. The number of aliphatic hydroxyl groups is 1. The molecule has 0 aliphatic heterocycles. The number of aldehydes is 1. The summed E-state index contributed by atoms with van der Waals surface area (Å²) in [5.74, 6) is 1.22. The fraction of sp³-hybridized carbons (Fsp3) is 0.370. The van der Waals surface area contributed by atoms with Gasteiger partial charge in [-0.25, -0.2) is 0 Å². The Morgan fingerprint density at radius 1 is 1.14 bits per heavy atom. The molecule has 9 heteroatoms. The largest absolute Gasteiger partial charge is 0.385 e. The standard InChI is InChI=1S/C27H24Cl2N2O4S/c28-20-2-1-3-21(29)24(20)25-19(26(35-30-25)15-4-5-15)14-34-17-8-10-27(33,11-9-17)16-6-7-23-18(12-16)22(13-32)31-36-23/h1-3,6-7,12-13,15,17,33H,4-5,8-11,14H2. The van der Waals surface area contributed by atoms with E-state index in [-0.39, 0.29) is 6.10 Å². The molecule has 0 amide bonds. The Kier molecular flexibility index (Phi) is 6.38. The van der Waals surface area contributed by atoms with Gasteiger partial charge in [0, 0.05) is 22.4 Å². The molecule has 0 saturated heterocycles. The first-order valence-corrected chi connectivity index (χ1v) is 13.6. The molecule has 1 N–H and O–H groups in total. The maximum absolute atomic E-state index is 11.4. The summed E-state index contributed by atoms with van der Waals surface area (Å²) in [5.41, 5.74) is 2.51. The zero-order valence-electron chi connectivity index (χ0n) is 19.4. The third-order valence-corrected chi connectivity index (χ3v) is 8.81. The normalized spacial score (nSPS) is 22.2. The van der Waals surface area contributed by atoms with Crippen LogP contribution in [-0.2, 0) is 16.9 Å². The van der Waals surface area contributed by atoms with Crippen LogP contribution in [-0.4, -0.2) is 27.0 Å². The van der Waals surface area contributed by atoms with Gasteiger partial charge in [-0.15, -0.1) is 0 Å². The van der Waals surface area contributed by atoms with E-state index in [1.54, 1.807) is 12.1 Å². The van der Waals surface area contributed by atoms with Crippen molar-refractivity contribution in [2.45, 2.75) is 62.8 Å². The molecule has 2 aromatic heterocycles. The highest BCUT2D eigenvalue weighted by Crippen LogP contribution is 2.46. The van der Waals surface area contributed by atoms with Crippen LogP contribution in [0, 0.1) is 0 Å². The zero-order chi connectivity index (χ0) is 24.9. The van der Waals surface area contributed by atoms with E-state index < -0.39 is 5.60 Å². The first-order valence-electron chi connectivity index (χ1n) is 12.1. The Morgan fingerprint density at radius 3 is 2.58 bits per heavy atom. The van der Waals surface area contributed by atoms with E-state index in [1.165, 1.54) is 11.5 Å². The second kappa shape index (κ2) is 9.54. The van der Waals surface area contributed by atoms with Gasteiger partial charge in [0.2, 0.25) is 0 Å². The van der Waals surface area contributed by atoms with Gasteiger partial charge in [-0.2, -0.15) is 4.37 Å². The van der Waals surface area contributed by atoms with Crippen molar-refractivity contribution < 1.29 is 19.2 Å². The molecule has 6 nitrogen and oxygen atoms in total. The van der Waals surface area contributed by atoms with Gasteiger partial charge in [0.05, 0.1) is 33.1 Å². The molecular weight excluding hydrogens is 519 g/mol. The summed E-state index contributed by atoms with van der Waals surface area (Å²) < 4.78 is 17.2. The number of hydrogen-bond donors (Lipinski definition) is 1. The van der Waals surface area contributed by atoms with Crippen molar-refractivity contribution in [2.24, 2.45) is 0 Å². The van der Waals surface area contributed by atoms with E-state index in [9.17, 15) is 9.90 Å². The number of nitrogens with zero attached hydrogens (tertiary/aromatic N) is 2. The minimum absolute atomic E-state index is 0.00104. The van der Waals surface area contributed by atoms with Crippen LogP contribution in [0.1, 0.15) is 71.8 Å². The highest BCUT2D eigenvalue weighted by molar-refractivity contribution is 7.13. The van der Waals surface area contributed by atoms with Crippen LogP contribution in [0.15, 0.2) is 40.9 Å². The lowest BCUT2D eigenvalue weighted by Crippen LogP contribution is -2.34. The van der Waals surface area contributed by atoms with Crippen LogP contribution in [0.3, 0.4) is 0 Å². The second-order valence-corrected chi connectivity index (χ2v) is 11.3. The zero-order valence-corrected chi connectivity index (χ0v) is 21.7. The minimum atomic E-state index is -0.956. The third-order valence-electron chi connectivity index (χ3n) is 7.34. The molecule has 2 fully saturated rings. The van der Waals surface area contributed by atoms with Crippen molar-refractivity contribution in [3.8, 4) is 11.3 Å². The van der Waals surface area contributed by atoms with Gasteiger partial charge in [-0.3, -0.25) is 4.79 Å². The molecule has 2 aliphatic carbocycles. The van der Waals surface area contributed by atoms with E-state index in [4.69, 9.17) is 32.5 Å². The van der Waals surface area contributed by atoms with Gasteiger partial charge in [0.25, 0.3) is 0 Å². The number of benzene rings is 2. The molecule has 0 atom stereocenters. The van der Waals surface area contributed by atoms with Gasteiger partial charge in [0.1, 0.15) is 17.1 Å².